The summed E-state index contributed by atoms with van der Waals surface area (Å²) < 4.78 is 0. The summed E-state index contributed by atoms with van der Waals surface area (Å²) in [4.78, 5) is 0. The minimum absolute atomic E-state index is 0.237. The van der Waals surface area contributed by atoms with E-state index in [0.717, 1.165) is 24.3 Å². The molecule has 16 heavy (non-hydrogen) atoms. The SMILES string of the molecule is CCCC(C)CNC1(CCl)CCCC(C)C1. The van der Waals surface area contributed by atoms with Gasteiger partial charge in [0.15, 0.2) is 0 Å². The van der Waals surface area contributed by atoms with Crippen molar-refractivity contribution in [2.75, 3.05) is 12.4 Å². The molecular formula is C14H28ClN. The topological polar surface area (TPSA) is 12.0 Å². The molecule has 0 amide bonds. The maximum absolute atomic E-state index is 6.20. The molecular weight excluding hydrogens is 218 g/mol. The summed E-state index contributed by atoms with van der Waals surface area (Å²) in [6.07, 6.45) is 7.84. The van der Waals surface area contributed by atoms with E-state index in [1.54, 1.807) is 0 Å². The van der Waals surface area contributed by atoms with Crippen molar-refractivity contribution in [1.29, 1.82) is 0 Å². The van der Waals surface area contributed by atoms with Crippen molar-refractivity contribution < 1.29 is 0 Å². The van der Waals surface area contributed by atoms with Crippen LogP contribution >= 0.6 is 11.6 Å². The molecule has 1 rings (SSSR count). The molecule has 96 valence electrons. The molecule has 0 saturated heterocycles. The number of halogens is 1. The minimum Gasteiger partial charge on any atom is -0.310 e. The molecule has 1 saturated carbocycles. The van der Waals surface area contributed by atoms with Crippen LogP contribution in [0.3, 0.4) is 0 Å². The summed E-state index contributed by atoms with van der Waals surface area (Å²) in [5.74, 6) is 2.39. The van der Waals surface area contributed by atoms with Gasteiger partial charge < -0.3 is 5.32 Å². The Morgan fingerprint density at radius 3 is 2.81 bits per heavy atom. The molecule has 1 N–H and O–H groups in total. The first kappa shape index (κ1) is 14.3. The highest BCUT2D eigenvalue weighted by Gasteiger charge is 2.33. The molecule has 2 heteroatoms. The van der Waals surface area contributed by atoms with Crippen LogP contribution in [0.1, 0.15) is 59.3 Å². The average molecular weight is 246 g/mol. The Bertz CT molecular complexity index is 195. The zero-order valence-corrected chi connectivity index (χ0v) is 11.9. The Hall–Kier alpha value is 0.250. The van der Waals surface area contributed by atoms with Crippen LogP contribution in [0.25, 0.3) is 0 Å². The second-order valence-corrected chi connectivity index (χ2v) is 6.16. The van der Waals surface area contributed by atoms with E-state index >= 15 is 0 Å². The third-order valence-electron chi connectivity index (χ3n) is 3.95. The van der Waals surface area contributed by atoms with Crippen molar-refractivity contribution in [2.24, 2.45) is 11.8 Å². The predicted octanol–water partition coefficient (Wildman–Crippen LogP) is 4.20. The summed E-state index contributed by atoms with van der Waals surface area (Å²) in [5.41, 5.74) is 0.237. The van der Waals surface area contributed by atoms with Gasteiger partial charge in [0.2, 0.25) is 0 Å². The third kappa shape index (κ3) is 4.25. The van der Waals surface area contributed by atoms with Gasteiger partial charge in [-0.2, -0.15) is 0 Å². The number of rotatable bonds is 6. The van der Waals surface area contributed by atoms with Crippen LogP contribution in [0.5, 0.6) is 0 Å². The number of nitrogens with one attached hydrogen (secondary N) is 1. The third-order valence-corrected chi connectivity index (χ3v) is 4.47. The first-order chi connectivity index (χ1) is 7.62. The van der Waals surface area contributed by atoms with E-state index in [1.165, 1.54) is 38.5 Å². The van der Waals surface area contributed by atoms with E-state index in [2.05, 4.69) is 26.1 Å². The summed E-state index contributed by atoms with van der Waals surface area (Å²) in [6, 6.07) is 0. The molecule has 1 aliphatic carbocycles. The van der Waals surface area contributed by atoms with Gasteiger partial charge in [-0.1, -0.05) is 40.0 Å². The Labute approximate surface area is 106 Å². The monoisotopic (exact) mass is 245 g/mol. The smallest absolute Gasteiger partial charge is 0.0406 e. The number of hydrogen-bond acceptors (Lipinski definition) is 1. The second kappa shape index (κ2) is 6.86. The maximum atomic E-state index is 6.20. The summed E-state index contributed by atoms with van der Waals surface area (Å²) in [7, 11) is 0. The lowest BCUT2D eigenvalue weighted by molar-refractivity contribution is 0.200. The molecule has 1 fully saturated rings. The van der Waals surface area contributed by atoms with Crippen molar-refractivity contribution in [2.45, 2.75) is 64.8 Å². The van der Waals surface area contributed by atoms with Gasteiger partial charge >= 0.3 is 0 Å². The molecule has 0 bridgehead atoms. The van der Waals surface area contributed by atoms with E-state index in [4.69, 9.17) is 11.6 Å². The molecule has 0 aromatic rings. The number of alkyl halides is 1. The Morgan fingerprint density at radius 2 is 2.25 bits per heavy atom. The van der Waals surface area contributed by atoms with Crippen molar-refractivity contribution in [3.05, 3.63) is 0 Å². The van der Waals surface area contributed by atoms with Crippen molar-refractivity contribution in [3.8, 4) is 0 Å². The lowest BCUT2D eigenvalue weighted by Gasteiger charge is -2.40. The molecule has 1 nitrogen and oxygen atoms in total. The molecule has 0 aromatic heterocycles. The van der Waals surface area contributed by atoms with E-state index < -0.39 is 0 Å². The predicted molar refractivity (Wildman–Crippen MR) is 73.2 cm³/mol. The fourth-order valence-electron chi connectivity index (χ4n) is 2.97. The van der Waals surface area contributed by atoms with Crippen LogP contribution in [0.4, 0.5) is 0 Å². The summed E-state index contributed by atoms with van der Waals surface area (Å²) in [6.45, 7) is 8.09. The normalized spacial score (nSPS) is 32.6. The number of hydrogen-bond donors (Lipinski definition) is 1. The zero-order valence-electron chi connectivity index (χ0n) is 11.2. The fourth-order valence-corrected chi connectivity index (χ4v) is 3.31. The van der Waals surface area contributed by atoms with Gasteiger partial charge in [0.05, 0.1) is 0 Å². The van der Waals surface area contributed by atoms with Gasteiger partial charge in [-0.3, -0.25) is 0 Å². The zero-order chi connectivity index (χ0) is 12.0. The average Bonchev–Trinajstić information content (AvgIpc) is 2.27. The molecule has 1 aliphatic rings. The Morgan fingerprint density at radius 1 is 1.50 bits per heavy atom. The van der Waals surface area contributed by atoms with Gasteiger partial charge in [-0.25, -0.2) is 0 Å². The van der Waals surface area contributed by atoms with Crippen LogP contribution < -0.4 is 5.32 Å². The van der Waals surface area contributed by atoms with Gasteiger partial charge in [0.1, 0.15) is 0 Å². The summed E-state index contributed by atoms with van der Waals surface area (Å²) >= 11 is 6.20. The van der Waals surface area contributed by atoms with Gasteiger partial charge in [-0.05, 0) is 37.6 Å². The quantitative estimate of drug-likeness (QED) is 0.692. The highest BCUT2D eigenvalue weighted by atomic mass is 35.5. The van der Waals surface area contributed by atoms with Crippen LogP contribution in [-0.2, 0) is 0 Å². The molecule has 0 aliphatic heterocycles. The van der Waals surface area contributed by atoms with Crippen LogP contribution in [0, 0.1) is 11.8 Å². The van der Waals surface area contributed by atoms with E-state index in [1.807, 2.05) is 0 Å². The van der Waals surface area contributed by atoms with Gasteiger partial charge in [0.25, 0.3) is 0 Å². The van der Waals surface area contributed by atoms with Crippen LogP contribution in [-0.4, -0.2) is 18.0 Å². The molecule has 0 spiro atoms. The maximum Gasteiger partial charge on any atom is 0.0406 e. The van der Waals surface area contributed by atoms with Gasteiger partial charge in [0, 0.05) is 11.4 Å². The van der Waals surface area contributed by atoms with E-state index in [-0.39, 0.29) is 5.54 Å². The lowest BCUT2D eigenvalue weighted by atomic mass is 9.77. The first-order valence-electron chi connectivity index (χ1n) is 6.93. The van der Waals surface area contributed by atoms with E-state index in [0.29, 0.717) is 0 Å². The first-order valence-corrected chi connectivity index (χ1v) is 7.46. The molecule has 0 heterocycles. The fraction of sp³-hybridized carbons (Fsp3) is 1.00. The minimum atomic E-state index is 0.237. The largest absolute Gasteiger partial charge is 0.310 e. The molecule has 0 radical (unpaired) electrons. The summed E-state index contributed by atoms with van der Waals surface area (Å²) in [5, 5.41) is 3.77. The Kier molecular flexibility index (Phi) is 6.13. The molecule has 3 atom stereocenters. The van der Waals surface area contributed by atoms with E-state index in [9.17, 15) is 0 Å². The van der Waals surface area contributed by atoms with Crippen molar-refractivity contribution in [3.63, 3.8) is 0 Å². The van der Waals surface area contributed by atoms with Crippen LogP contribution in [0.15, 0.2) is 0 Å². The standard InChI is InChI=1S/C14H28ClN/c1-4-6-13(3)10-16-14(11-15)8-5-7-12(2)9-14/h12-13,16H,4-11H2,1-3H3. The second-order valence-electron chi connectivity index (χ2n) is 5.89. The van der Waals surface area contributed by atoms with Crippen molar-refractivity contribution >= 4 is 11.6 Å². The van der Waals surface area contributed by atoms with Crippen molar-refractivity contribution in [1.82, 2.24) is 5.32 Å². The van der Waals surface area contributed by atoms with Gasteiger partial charge in [-0.15, -0.1) is 11.6 Å². The Balaban J connectivity index is 2.40. The van der Waals surface area contributed by atoms with Crippen LogP contribution in [0.2, 0.25) is 0 Å². The highest BCUT2D eigenvalue weighted by molar-refractivity contribution is 6.18. The molecule has 0 aromatic carbocycles. The molecule has 3 unspecified atom stereocenters. The highest BCUT2D eigenvalue weighted by Crippen LogP contribution is 2.33. The lowest BCUT2D eigenvalue weighted by Crippen LogP contribution is -2.51.